The molecule has 1 aliphatic rings. The number of nitrogens with zero attached hydrogens (tertiary/aromatic N) is 1. The van der Waals surface area contributed by atoms with Crippen molar-refractivity contribution in [3.63, 3.8) is 0 Å². The maximum Gasteiger partial charge on any atom is 0.0405 e. The Labute approximate surface area is 86.7 Å². The van der Waals surface area contributed by atoms with Crippen LogP contribution in [0.5, 0.6) is 0 Å². The first-order valence-corrected chi connectivity index (χ1v) is 5.25. The summed E-state index contributed by atoms with van der Waals surface area (Å²) in [7, 11) is 2.18. The number of likely N-dealkylation sites (N-methyl/N-ethyl adjacent to an activating group) is 1. The minimum atomic E-state index is 0.308. The number of aryl methyl sites for hydroxylation is 2. The van der Waals surface area contributed by atoms with Crippen LogP contribution in [0.15, 0.2) is 12.1 Å². The Morgan fingerprint density at radius 2 is 1.71 bits per heavy atom. The van der Waals surface area contributed by atoms with Gasteiger partial charge in [0.15, 0.2) is 0 Å². The Morgan fingerprint density at radius 3 is 2.36 bits per heavy atom. The summed E-state index contributed by atoms with van der Waals surface area (Å²) in [4.78, 5) is 2.36. The van der Waals surface area contributed by atoms with Crippen LogP contribution in [0, 0.1) is 13.8 Å². The van der Waals surface area contributed by atoms with Gasteiger partial charge in [-0.05, 0) is 36.6 Å². The van der Waals surface area contributed by atoms with Crippen LogP contribution in [0.4, 0.5) is 5.69 Å². The van der Waals surface area contributed by atoms with Crippen LogP contribution in [0.3, 0.4) is 0 Å². The second kappa shape index (κ2) is 2.75. The molecule has 0 radical (unpaired) electrons. The van der Waals surface area contributed by atoms with Gasteiger partial charge in [0, 0.05) is 24.7 Å². The van der Waals surface area contributed by atoms with E-state index in [1.165, 1.54) is 22.4 Å². The predicted molar refractivity (Wildman–Crippen MR) is 62.2 cm³/mol. The summed E-state index contributed by atoms with van der Waals surface area (Å²) in [6, 6.07) is 4.67. The highest BCUT2D eigenvalue weighted by molar-refractivity contribution is 5.64. The lowest BCUT2D eigenvalue weighted by molar-refractivity contribution is 0.563. The van der Waals surface area contributed by atoms with Crippen molar-refractivity contribution in [2.75, 3.05) is 18.5 Å². The van der Waals surface area contributed by atoms with Gasteiger partial charge < -0.3 is 4.90 Å². The summed E-state index contributed by atoms with van der Waals surface area (Å²) in [6.07, 6.45) is 0. The molecule has 1 aliphatic heterocycles. The summed E-state index contributed by atoms with van der Waals surface area (Å²) in [5.74, 6) is 0. The SMILES string of the molecule is Cc1cc2c(cc1C)C(C)(C)CN2C. The molecule has 0 saturated heterocycles. The smallest absolute Gasteiger partial charge is 0.0405 e. The number of hydrogen-bond donors (Lipinski definition) is 0. The first kappa shape index (κ1) is 9.57. The normalized spacial score (nSPS) is 18.5. The molecule has 1 heteroatoms. The lowest BCUT2D eigenvalue weighted by atomic mass is 9.85. The number of rotatable bonds is 0. The molecule has 14 heavy (non-hydrogen) atoms. The maximum atomic E-state index is 2.36. The standard InChI is InChI=1S/C13H19N/c1-9-6-11-12(7-10(9)2)14(5)8-13(11,3)4/h6-7H,8H2,1-5H3. The molecule has 0 spiro atoms. The summed E-state index contributed by atoms with van der Waals surface area (Å²) in [5, 5.41) is 0. The number of anilines is 1. The van der Waals surface area contributed by atoms with Crippen LogP contribution >= 0.6 is 0 Å². The van der Waals surface area contributed by atoms with E-state index in [4.69, 9.17) is 0 Å². The van der Waals surface area contributed by atoms with Gasteiger partial charge in [-0.15, -0.1) is 0 Å². The van der Waals surface area contributed by atoms with Crippen LogP contribution in [0.25, 0.3) is 0 Å². The topological polar surface area (TPSA) is 3.24 Å². The minimum Gasteiger partial charge on any atom is -0.373 e. The Balaban J connectivity index is 2.64. The van der Waals surface area contributed by atoms with Gasteiger partial charge in [0.05, 0.1) is 0 Å². The second-order valence-corrected chi connectivity index (χ2v) is 5.19. The number of benzene rings is 1. The van der Waals surface area contributed by atoms with E-state index in [-0.39, 0.29) is 0 Å². The fourth-order valence-electron chi connectivity index (χ4n) is 2.42. The molecule has 0 aromatic heterocycles. The molecule has 0 N–H and O–H groups in total. The van der Waals surface area contributed by atoms with Crippen molar-refractivity contribution in [1.82, 2.24) is 0 Å². The zero-order chi connectivity index (χ0) is 10.5. The lowest BCUT2D eigenvalue weighted by Crippen LogP contribution is -2.24. The highest BCUT2D eigenvalue weighted by atomic mass is 15.1. The first-order chi connectivity index (χ1) is 6.42. The van der Waals surface area contributed by atoms with Crippen molar-refractivity contribution in [3.05, 3.63) is 28.8 Å². The summed E-state index contributed by atoms with van der Waals surface area (Å²) in [5.41, 5.74) is 6.03. The molecule has 2 rings (SSSR count). The zero-order valence-corrected chi connectivity index (χ0v) is 9.81. The van der Waals surface area contributed by atoms with Crippen LogP contribution in [0.2, 0.25) is 0 Å². The van der Waals surface area contributed by atoms with Crippen molar-refractivity contribution in [1.29, 1.82) is 0 Å². The first-order valence-electron chi connectivity index (χ1n) is 5.25. The molecule has 76 valence electrons. The van der Waals surface area contributed by atoms with Crippen molar-refractivity contribution in [2.45, 2.75) is 33.1 Å². The van der Waals surface area contributed by atoms with E-state index in [1.54, 1.807) is 0 Å². The zero-order valence-electron chi connectivity index (χ0n) is 9.81. The molecule has 0 unspecified atom stereocenters. The Kier molecular flexibility index (Phi) is 1.88. The average Bonchev–Trinajstić information content (AvgIpc) is 2.26. The van der Waals surface area contributed by atoms with E-state index in [9.17, 15) is 0 Å². The fraction of sp³-hybridized carbons (Fsp3) is 0.538. The predicted octanol–water partition coefficient (Wildman–Crippen LogP) is 3.03. The minimum absolute atomic E-state index is 0.308. The lowest BCUT2D eigenvalue weighted by Gasteiger charge is -2.18. The monoisotopic (exact) mass is 189 g/mol. The highest BCUT2D eigenvalue weighted by Gasteiger charge is 2.33. The molecule has 1 aromatic rings. The molecule has 0 saturated carbocycles. The van der Waals surface area contributed by atoms with E-state index >= 15 is 0 Å². The number of fused-ring (bicyclic) bond motifs is 1. The third-order valence-electron chi connectivity index (χ3n) is 3.38. The third kappa shape index (κ3) is 1.23. The van der Waals surface area contributed by atoms with Crippen LogP contribution in [-0.4, -0.2) is 13.6 Å². The molecular formula is C13H19N. The second-order valence-electron chi connectivity index (χ2n) is 5.19. The largest absolute Gasteiger partial charge is 0.373 e. The Bertz CT molecular complexity index is 377. The van der Waals surface area contributed by atoms with E-state index in [0.717, 1.165) is 6.54 Å². The van der Waals surface area contributed by atoms with Crippen LogP contribution < -0.4 is 4.90 Å². The third-order valence-corrected chi connectivity index (χ3v) is 3.38. The molecule has 0 amide bonds. The molecular weight excluding hydrogens is 170 g/mol. The van der Waals surface area contributed by atoms with Crippen molar-refractivity contribution in [2.24, 2.45) is 0 Å². The van der Waals surface area contributed by atoms with Crippen molar-refractivity contribution in [3.8, 4) is 0 Å². The summed E-state index contributed by atoms with van der Waals surface area (Å²) in [6.45, 7) is 10.2. The van der Waals surface area contributed by atoms with Gasteiger partial charge in [-0.2, -0.15) is 0 Å². The van der Waals surface area contributed by atoms with E-state index in [1.807, 2.05) is 0 Å². The Morgan fingerprint density at radius 1 is 1.14 bits per heavy atom. The average molecular weight is 189 g/mol. The molecule has 1 aromatic carbocycles. The van der Waals surface area contributed by atoms with Gasteiger partial charge in [0.25, 0.3) is 0 Å². The van der Waals surface area contributed by atoms with Crippen molar-refractivity contribution >= 4 is 5.69 Å². The maximum absolute atomic E-state index is 2.36. The van der Waals surface area contributed by atoms with E-state index < -0.39 is 0 Å². The molecule has 1 heterocycles. The fourth-order valence-corrected chi connectivity index (χ4v) is 2.42. The van der Waals surface area contributed by atoms with Gasteiger partial charge in [0.2, 0.25) is 0 Å². The van der Waals surface area contributed by atoms with E-state index in [0.29, 0.717) is 5.41 Å². The van der Waals surface area contributed by atoms with Crippen molar-refractivity contribution < 1.29 is 0 Å². The quantitative estimate of drug-likeness (QED) is 0.606. The van der Waals surface area contributed by atoms with Crippen LogP contribution in [0.1, 0.15) is 30.5 Å². The molecule has 0 fully saturated rings. The molecule has 0 atom stereocenters. The van der Waals surface area contributed by atoms with Crippen LogP contribution in [-0.2, 0) is 5.41 Å². The van der Waals surface area contributed by atoms with E-state index in [2.05, 4.69) is 51.8 Å². The van der Waals surface area contributed by atoms with Gasteiger partial charge in [-0.25, -0.2) is 0 Å². The molecule has 0 aliphatic carbocycles. The van der Waals surface area contributed by atoms with Gasteiger partial charge in [-0.1, -0.05) is 19.9 Å². The van der Waals surface area contributed by atoms with Gasteiger partial charge >= 0.3 is 0 Å². The molecule has 1 nitrogen and oxygen atoms in total. The summed E-state index contributed by atoms with van der Waals surface area (Å²) >= 11 is 0. The molecule has 0 bridgehead atoms. The Hall–Kier alpha value is -0.980. The highest BCUT2D eigenvalue weighted by Crippen LogP contribution is 2.40. The number of hydrogen-bond acceptors (Lipinski definition) is 1. The summed E-state index contributed by atoms with van der Waals surface area (Å²) < 4.78 is 0. The van der Waals surface area contributed by atoms with Gasteiger partial charge in [0.1, 0.15) is 0 Å². The van der Waals surface area contributed by atoms with Gasteiger partial charge in [-0.3, -0.25) is 0 Å².